The lowest BCUT2D eigenvalue weighted by atomic mass is 9.90. The largest absolute Gasteiger partial charge is 0.481 e. The minimum Gasteiger partial charge on any atom is -0.481 e. The van der Waals surface area contributed by atoms with Crippen LogP contribution in [0.2, 0.25) is 0 Å². The first-order valence-corrected chi connectivity index (χ1v) is 9.29. The summed E-state index contributed by atoms with van der Waals surface area (Å²) in [5.74, 6) is -0.193. The highest BCUT2D eigenvalue weighted by Gasteiger charge is 2.34. The number of rotatable bonds is 8. The van der Waals surface area contributed by atoms with Crippen LogP contribution in [-0.4, -0.2) is 27.5 Å². The van der Waals surface area contributed by atoms with E-state index in [1.165, 1.54) is 5.56 Å². The van der Waals surface area contributed by atoms with Crippen molar-refractivity contribution in [2.45, 2.75) is 38.3 Å². The number of hydrogen-bond donors (Lipinski definition) is 1. The van der Waals surface area contributed by atoms with E-state index in [1.54, 1.807) is 0 Å². The average molecular weight is 350 g/mol. The number of benzene rings is 1. The van der Waals surface area contributed by atoms with Gasteiger partial charge in [0.25, 0.3) is 0 Å². The smallest absolute Gasteiger partial charge is 0.303 e. The fraction of sp³-hybridized carbons (Fsp3) is 0.364. The number of likely N-dealkylation sites (tertiary alicyclic amines) is 1. The lowest BCUT2D eigenvalue weighted by Gasteiger charge is -2.28. The van der Waals surface area contributed by atoms with Gasteiger partial charge in [-0.25, -0.2) is 0 Å². The van der Waals surface area contributed by atoms with Gasteiger partial charge in [0.05, 0.1) is 5.69 Å². The lowest BCUT2D eigenvalue weighted by molar-refractivity contribution is -0.136. The topological polar surface area (TPSA) is 53.4 Å². The molecule has 0 amide bonds. The van der Waals surface area contributed by atoms with Crippen molar-refractivity contribution in [1.29, 1.82) is 0 Å². The highest BCUT2D eigenvalue weighted by Crippen LogP contribution is 2.40. The molecular formula is C22H26N2O2. The van der Waals surface area contributed by atoms with Crippen LogP contribution in [0.1, 0.15) is 43.0 Å². The van der Waals surface area contributed by atoms with E-state index in [0.717, 1.165) is 31.6 Å². The number of carbonyl (C=O) groups is 1. The summed E-state index contributed by atoms with van der Waals surface area (Å²) < 4.78 is 0. The van der Waals surface area contributed by atoms with Gasteiger partial charge in [0.15, 0.2) is 0 Å². The van der Waals surface area contributed by atoms with E-state index in [2.05, 4.69) is 52.4 Å². The Morgan fingerprint density at radius 3 is 2.69 bits per heavy atom. The number of hydrogen-bond acceptors (Lipinski definition) is 3. The van der Waals surface area contributed by atoms with Gasteiger partial charge in [-0.1, -0.05) is 48.6 Å². The second-order valence-electron chi connectivity index (χ2n) is 6.84. The van der Waals surface area contributed by atoms with Crippen LogP contribution >= 0.6 is 0 Å². The van der Waals surface area contributed by atoms with Crippen molar-refractivity contribution >= 4 is 5.97 Å². The van der Waals surface area contributed by atoms with E-state index in [1.807, 2.05) is 24.4 Å². The molecule has 2 heterocycles. The molecular weight excluding hydrogens is 324 g/mol. The Balaban J connectivity index is 1.69. The zero-order chi connectivity index (χ0) is 18.2. The first-order chi connectivity index (χ1) is 12.7. The zero-order valence-electron chi connectivity index (χ0n) is 15.0. The highest BCUT2D eigenvalue weighted by atomic mass is 16.4. The summed E-state index contributed by atoms with van der Waals surface area (Å²) in [7, 11) is 0. The first-order valence-electron chi connectivity index (χ1n) is 9.29. The molecule has 4 heteroatoms. The molecule has 26 heavy (non-hydrogen) atoms. The molecule has 2 unspecified atom stereocenters. The maximum atomic E-state index is 10.6. The molecule has 136 valence electrons. The molecule has 1 aliphatic heterocycles. The monoisotopic (exact) mass is 350 g/mol. The van der Waals surface area contributed by atoms with Gasteiger partial charge in [-0.3, -0.25) is 14.7 Å². The molecule has 1 saturated heterocycles. The second kappa shape index (κ2) is 9.30. The fourth-order valence-corrected chi connectivity index (χ4v) is 3.78. The van der Waals surface area contributed by atoms with Gasteiger partial charge in [-0.2, -0.15) is 0 Å². The van der Waals surface area contributed by atoms with Crippen molar-refractivity contribution in [3.8, 4) is 0 Å². The van der Waals surface area contributed by atoms with E-state index in [9.17, 15) is 4.79 Å². The Morgan fingerprint density at radius 2 is 1.96 bits per heavy atom. The molecule has 1 N–H and O–H groups in total. The molecule has 1 aromatic carbocycles. The van der Waals surface area contributed by atoms with Crippen molar-refractivity contribution in [3.05, 3.63) is 78.1 Å². The van der Waals surface area contributed by atoms with Gasteiger partial charge in [-0.15, -0.1) is 0 Å². The van der Waals surface area contributed by atoms with Gasteiger partial charge >= 0.3 is 5.97 Å². The summed E-state index contributed by atoms with van der Waals surface area (Å²) in [6.07, 6.45) is 8.97. The number of aliphatic carboxylic acids is 1. The molecule has 0 bridgehead atoms. The molecule has 3 rings (SSSR count). The Bertz CT molecular complexity index is 715. The van der Waals surface area contributed by atoms with Gasteiger partial charge in [0, 0.05) is 25.2 Å². The molecule has 4 nitrogen and oxygen atoms in total. The quantitative estimate of drug-likeness (QED) is 0.714. The molecule has 2 aromatic rings. The minimum absolute atomic E-state index is 0.203. The summed E-state index contributed by atoms with van der Waals surface area (Å²) in [6, 6.07) is 17.1. The number of nitrogens with zero attached hydrogens (tertiary/aromatic N) is 2. The molecule has 0 spiro atoms. The summed E-state index contributed by atoms with van der Waals surface area (Å²) in [4.78, 5) is 17.6. The predicted octanol–water partition coefficient (Wildman–Crippen LogP) is 4.46. The highest BCUT2D eigenvalue weighted by molar-refractivity contribution is 5.66. The maximum Gasteiger partial charge on any atom is 0.303 e. The van der Waals surface area contributed by atoms with Gasteiger partial charge in [0.1, 0.15) is 0 Å². The SMILES string of the molecule is O=C(O)CCC=CCC1CCN(Cc2ccccn2)C1c1ccccc1. The Morgan fingerprint density at radius 1 is 1.15 bits per heavy atom. The standard InChI is InChI=1S/C22H26N2O2/c25-21(26)13-6-2-5-11-19-14-16-24(17-20-12-7-8-15-23-20)22(19)18-9-3-1-4-10-18/h1-5,7-10,12,15,19,22H,6,11,13-14,16-17H2,(H,25,26). The van der Waals surface area contributed by atoms with Crippen LogP contribution in [0.3, 0.4) is 0 Å². The molecule has 2 atom stereocenters. The molecule has 1 aliphatic rings. The Kier molecular flexibility index (Phi) is 6.56. The van der Waals surface area contributed by atoms with Gasteiger partial charge in [0.2, 0.25) is 0 Å². The van der Waals surface area contributed by atoms with Crippen molar-refractivity contribution in [1.82, 2.24) is 9.88 Å². The lowest BCUT2D eigenvalue weighted by Crippen LogP contribution is -2.25. The molecule has 0 saturated carbocycles. The average Bonchev–Trinajstić information content (AvgIpc) is 3.05. The van der Waals surface area contributed by atoms with E-state index in [4.69, 9.17) is 5.11 Å². The van der Waals surface area contributed by atoms with Gasteiger partial charge in [-0.05, 0) is 49.4 Å². The van der Waals surface area contributed by atoms with Crippen LogP contribution in [0.15, 0.2) is 66.9 Å². The van der Waals surface area contributed by atoms with Crippen molar-refractivity contribution in [2.24, 2.45) is 5.92 Å². The molecule has 0 radical (unpaired) electrons. The third kappa shape index (κ3) is 5.02. The molecule has 1 aromatic heterocycles. The van der Waals surface area contributed by atoms with E-state index < -0.39 is 5.97 Å². The van der Waals surface area contributed by atoms with Crippen LogP contribution in [0.4, 0.5) is 0 Å². The normalized spacial score (nSPS) is 20.6. The zero-order valence-corrected chi connectivity index (χ0v) is 15.0. The summed E-state index contributed by atoms with van der Waals surface area (Å²) in [6.45, 7) is 1.92. The van der Waals surface area contributed by atoms with Crippen LogP contribution in [0, 0.1) is 5.92 Å². The molecule has 1 fully saturated rings. The second-order valence-corrected chi connectivity index (χ2v) is 6.84. The van der Waals surface area contributed by atoms with Crippen LogP contribution in [0.25, 0.3) is 0 Å². The van der Waals surface area contributed by atoms with Crippen molar-refractivity contribution in [2.75, 3.05) is 6.54 Å². The fourth-order valence-electron chi connectivity index (χ4n) is 3.78. The van der Waals surface area contributed by atoms with Gasteiger partial charge < -0.3 is 5.11 Å². The van der Waals surface area contributed by atoms with Crippen molar-refractivity contribution in [3.63, 3.8) is 0 Å². The minimum atomic E-state index is -0.737. The first kappa shape index (κ1) is 18.3. The van der Waals surface area contributed by atoms with Crippen molar-refractivity contribution < 1.29 is 9.90 Å². The van der Waals surface area contributed by atoms with E-state index in [0.29, 0.717) is 18.4 Å². The van der Waals surface area contributed by atoms with E-state index in [-0.39, 0.29) is 6.42 Å². The summed E-state index contributed by atoms with van der Waals surface area (Å²) in [5.41, 5.74) is 2.45. The third-order valence-corrected chi connectivity index (χ3v) is 4.99. The maximum absolute atomic E-state index is 10.6. The number of aromatic nitrogens is 1. The molecule has 0 aliphatic carbocycles. The van der Waals surface area contributed by atoms with Crippen LogP contribution in [0.5, 0.6) is 0 Å². The number of allylic oxidation sites excluding steroid dienone is 2. The van der Waals surface area contributed by atoms with Crippen LogP contribution < -0.4 is 0 Å². The van der Waals surface area contributed by atoms with E-state index >= 15 is 0 Å². The van der Waals surface area contributed by atoms with Crippen LogP contribution in [-0.2, 0) is 11.3 Å². The third-order valence-electron chi connectivity index (χ3n) is 4.99. The Hall–Kier alpha value is -2.46. The number of carboxylic acid groups (broad SMARTS) is 1. The Labute approximate surface area is 155 Å². The predicted molar refractivity (Wildman–Crippen MR) is 103 cm³/mol. The number of pyridine rings is 1. The summed E-state index contributed by atoms with van der Waals surface area (Å²) in [5, 5.41) is 8.74. The number of carboxylic acids is 1. The summed E-state index contributed by atoms with van der Waals surface area (Å²) >= 11 is 0.